The summed E-state index contributed by atoms with van der Waals surface area (Å²) in [5.74, 6) is -1.67. The topological polar surface area (TPSA) is 98.8 Å². The number of amides is 2. The fourth-order valence-electron chi connectivity index (χ4n) is 1.67. The maximum absolute atomic E-state index is 11.9. The van der Waals surface area contributed by atoms with Gasteiger partial charge in [0.1, 0.15) is 0 Å². The van der Waals surface area contributed by atoms with Crippen LogP contribution in [0.5, 0.6) is 0 Å². The molecule has 1 aromatic carbocycles. The van der Waals surface area contributed by atoms with Gasteiger partial charge in [-0.3, -0.25) is 19.7 Å². The first-order valence-electron chi connectivity index (χ1n) is 7.25. The van der Waals surface area contributed by atoms with Gasteiger partial charge in [-0.2, -0.15) is 0 Å². The summed E-state index contributed by atoms with van der Waals surface area (Å²) < 4.78 is 9.20. The average molecular weight is 353 g/mol. The highest BCUT2D eigenvalue weighted by atomic mass is 32.2. The molecule has 0 bridgehead atoms. The molecule has 0 aromatic heterocycles. The van der Waals surface area contributed by atoms with Crippen LogP contribution in [-0.2, 0) is 19.1 Å². The summed E-state index contributed by atoms with van der Waals surface area (Å²) in [7, 11) is 0. The van der Waals surface area contributed by atoms with E-state index in [-0.39, 0.29) is 25.2 Å². The van der Waals surface area contributed by atoms with Crippen molar-refractivity contribution >= 4 is 35.5 Å². The molecule has 0 unspecified atom stereocenters. The van der Waals surface area contributed by atoms with E-state index in [1.165, 1.54) is 0 Å². The molecule has 0 radical (unpaired) electrons. The van der Waals surface area contributed by atoms with Gasteiger partial charge in [-0.1, -0.05) is 12.1 Å². The van der Waals surface area contributed by atoms with Crippen LogP contribution in [0.4, 0.5) is 4.79 Å². The van der Waals surface area contributed by atoms with E-state index >= 15 is 0 Å². The normalized spacial score (nSPS) is 9.92. The Morgan fingerprint density at radius 2 is 1.71 bits per heavy atom. The number of ether oxygens (including phenoxy) is 2. The number of alkyl carbamates (subject to hydrolysis) is 1. The number of hydrogen-bond acceptors (Lipinski definition) is 7. The first-order valence-corrected chi connectivity index (χ1v) is 8.48. The van der Waals surface area contributed by atoms with E-state index in [9.17, 15) is 19.2 Å². The van der Waals surface area contributed by atoms with E-state index in [1.807, 2.05) is 23.7 Å². The first-order chi connectivity index (χ1) is 11.5. The number of thioether (sulfide) groups is 1. The lowest BCUT2D eigenvalue weighted by Gasteiger charge is -2.06. The molecule has 0 saturated carbocycles. The quantitative estimate of drug-likeness (QED) is 0.434. The lowest BCUT2D eigenvalue weighted by atomic mass is 10.1. The Labute approximate surface area is 144 Å². The third kappa shape index (κ3) is 7.28. The number of esters is 1. The summed E-state index contributed by atoms with van der Waals surface area (Å²) in [6.45, 7) is 1.11. The van der Waals surface area contributed by atoms with E-state index in [0.29, 0.717) is 5.56 Å². The highest BCUT2D eigenvalue weighted by Crippen LogP contribution is 2.16. The third-order valence-corrected chi connectivity index (χ3v) is 3.59. The number of carbonyl (C=O) groups excluding carboxylic acids is 4. The van der Waals surface area contributed by atoms with Crippen LogP contribution in [0.25, 0.3) is 0 Å². The molecule has 0 aliphatic carbocycles. The Balaban J connectivity index is 2.31. The van der Waals surface area contributed by atoms with Crippen molar-refractivity contribution in [3.05, 3.63) is 29.8 Å². The average Bonchev–Trinajstić information content (AvgIpc) is 2.58. The van der Waals surface area contributed by atoms with Gasteiger partial charge in [0.2, 0.25) is 0 Å². The number of carbonyl (C=O) groups is 4. The standard InChI is InChI=1S/C16H19NO6S/c1-3-22-16(21)17-14(19)10-23-15(20)9-8-13(18)11-4-6-12(24-2)7-5-11/h4-7H,3,8-10H2,1-2H3,(H,17,19,21). The minimum absolute atomic E-state index is 0.0169. The number of hydrogen-bond donors (Lipinski definition) is 1. The SMILES string of the molecule is CCOC(=O)NC(=O)COC(=O)CCC(=O)c1ccc(SC)cc1. The molecule has 1 N–H and O–H groups in total. The van der Waals surface area contributed by atoms with Crippen molar-refractivity contribution in [3.63, 3.8) is 0 Å². The maximum atomic E-state index is 11.9. The summed E-state index contributed by atoms with van der Waals surface area (Å²) in [6.07, 6.45) is 0.875. The molecule has 7 nitrogen and oxygen atoms in total. The van der Waals surface area contributed by atoms with E-state index in [4.69, 9.17) is 4.74 Å². The molecule has 0 aliphatic heterocycles. The van der Waals surface area contributed by atoms with Gasteiger partial charge >= 0.3 is 12.1 Å². The molecular formula is C16H19NO6S. The van der Waals surface area contributed by atoms with Crippen molar-refractivity contribution < 1.29 is 28.7 Å². The molecule has 130 valence electrons. The zero-order chi connectivity index (χ0) is 17.9. The summed E-state index contributed by atoms with van der Waals surface area (Å²) in [6, 6.07) is 7.06. The highest BCUT2D eigenvalue weighted by molar-refractivity contribution is 7.98. The number of rotatable bonds is 8. The largest absolute Gasteiger partial charge is 0.456 e. The summed E-state index contributed by atoms with van der Waals surface area (Å²) in [4.78, 5) is 46.8. The second-order valence-electron chi connectivity index (χ2n) is 4.58. The summed E-state index contributed by atoms with van der Waals surface area (Å²) in [5.41, 5.74) is 0.514. The highest BCUT2D eigenvalue weighted by Gasteiger charge is 2.13. The first kappa shape index (κ1) is 19.7. The lowest BCUT2D eigenvalue weighted by Crippen LogP contribution is -2.34. The minimum atomic E-state index is -0.901. The smallest absolute Gasteiger partial charge is 0.413 e. The Hall–Kier alpha value is -2.35. The number of imide groups is 1. The van der Waals surface area contributed by atoms with Crippen molar-refractivity contribution in [1.82, 2.24) is 5.32 Å². The lowest BCUT2D eigenvalue weighted by molar-refractivity contribution is -0.148. The molecule has 1 aromatic rings. The van der Waals surface area contributed by atoms with E-state index in [0.717, 1.165) is 4.90 Å². The van der Waals surface area contributed by atoms with Crippen LogP contribution < -0.4 is 5.32 Å². The van der Waals surface area contributed by atoms with Crippen LogP contribution in [0.15, 0.2) is 29.2 Å². The molecule has 0 atom stereocenters. The predicted octanol–water partition coefficient (Wildman–Crippen LogP) is 2.19. The Morgan fingerprint density at radius 1 is 1.04 bits per heavy atom. The molecule has 0 heterocycles. The van der Waals surface area contributed by atoms with Crippen LogP contribution in [-0.4, -0.2) is 43.2 Å². The van der Waals surface area contributed by atoms with Crippen LogP contribution in [0.3, 0.4) is 0 Å². The van der Waals surface area contributed by atoms with Crippen molar-refractivity contribution in [2.45, 2.75) is 24.7 Å². The Kier molecular flexibility index (Phi) is 8.56. The molecule has 0 spiro atoms. The molecule has 0 fully saturated rings. The monoisotopic (exact) mass is 353 g/mol. The molecule has 8 heteroatoms. The fourth-order valence-corrected chi connectivity index (χ4v) is 2.08. The van der Waals surface area contributed by atoms with Crippen LogP contribution >= 0.6 is 11.8 Å². The predicted molar refractivity (Wildman–Crippen MR) is 87.9 cm³/mol. The molecule has 1 rings (SSSR count). The van der Waals surface area contributed by atoms with E-state index < -0.39 is 24.6 Å². The zero-order valence-corrected chi connectivity index (χ0v) is 14.3. The van der Waals surface area contributed by atoms with Gasteiger partial charge in [0.15, 0.2) is 12.4 Å². The van der Waals surface area contributed by atoms with Gasteiger partial charge in [0.25, 0.3) is 5.91 Å². The maximum Gasteiger partial charge on any atom is 0.413 e. The van der Waals surface area contributed by atoms with Crippen molar-refractivity contribution in [2.75, 3.05) is 19.5 Å². The van der Waals surface area contributed by atoms with Gasteiger partial charge < -0.3 is 9.47 Å². The number of ketones is 1. The van der Waals surface area contributed by atoms with Crippen molar-refractivity contribution in [3.8, 4) is 0 Å². The van der Waals surface area contributed by atoms with Crippen LogP contribution in [0.2, 0.25) is 0 Å². The van der Waals surface area contributed by atoms with Crippen molar-refractivity contribution in [1.29, 1.82) is 0 Å². The van der Waals surface area contributed by atoms with Gasteiger partial charge in [-0.25, -0.2) is 4.79 Å². The summed E-state index contributed by atoms with van der Waals surface area (Å²) >= 11 is 1.57. The molecule has 2 amide bonds. The van der Waals surface area contributed by atoms with Gasteiger partial charge in [0.05, 0.1) is 13.0 Å². The third-order valence-electron chi connectivity index (χ3n) is 2.85. The van der Waals surface area contributed by atoms with Gasteiger partial charge in [-0.05, 0) is 25.3 Å². The second kappa shape index (κ2) is 10.4. The van der Waals surface area contributed by atoms with Gasteiger partial charge in [0, 0.05) is 16.9 Å². The van der Waals surface area contributed by atoms with Gasteiger partial charge in [-0.15, -0.1) is 11.8 Å². The van der Waals surface area contributed by atoms with E-state index in [2.05, 4.69) is 4.74 Å². The zero-order valence-electron chi connectivity index (χ0n) is 13.5. The molecular weight excluding hydrogens is 334 g/mol. The second-order valence-corrected chi connectivity index (χ2v) is 5.46. The number of benzene rings is 1. The van der Waals surface area contributed by atoms with Crippen LogP contribution in [0, 0.1) is 0 Å². The Bertz CT molecular complexity index is 599. The molecule has 0 aliphatic rings. The minimum Gasteiger partial charge on any atom is -0.456 e. The van der Waals surface area contributed by atoms with Crippen LogP contribution in [0.1, 0.15) is 30.1 Å². The molecule has 24 heavy (non-hydrogen) atoms. The Morgan fingerprint density at radius 3 is 2.29 bits per heavy atom. The van der Waals surface area contributed by atoms with Crippen molar-refractivity contribution in [2.24, 2.45) is 0 Å². The summed E-state index contributed by atoms with van der Waals surface area (Å²) in [5, 5.41) is 1.89. The van der Waals surface area contributed by atoms with E-state index in [1.54, 1.807) is 30.8 Å². The number of nitrogens with one attached hydrogen (secondary N) is 1. The molecule has 0 saturated heterocycles. The number of Topliss-reactive ketones (excluding diaryl/α,β-unsaturated/α-hetero) is 1. The fraction of sp³-hybridized carbons (Fsp3) is 0.375.